The summed E-state index contributed by atoms with van der Waals surface area (Å²) in [4.78, 5) is 0. The van der Waals surface area contributed by atoms with Gasteiger partial charge in [0.05, 0.1) is 7.11 Å². The van der Waals surface area contributed by atoms with Crippen LogP contribution in [0.4, 0.5) is 0 Å². The molecule has 1 aromatic rings. The van der Waals surface area contributed by atoms with Gasteiger partial charge in [-0.15, -0.1) is 0 Å². The average molecular weight is 263 g/mol. The van der Waals surface area contributed by atoms with Crippen molar-refractivity contribution in [3.8, 4) is 5.75 Å². The number of benzene rings is 1. The normalized spacial score (nSPS) is 12.4. The fourth-order valence-corrected chi connectivity index (χ4v) is 2.27. The SMILES string of the molecule is CCCCC(CC)CNCCc1ccc(OC)cc1. The molecule has 0 aliphatic rings. The molecule has 1 atom stereocenters. The lowest BCUT2D eigenvalue weighted by molar-refractivity contribution is 0.414. The number of rotatable bonds is 10. The smallest absolute Gasteiger partial charge is 0.118 e. The minimum atomic E-state index is 0.843. The van der Waals surface area contributed by atoms with E-state index in [1.807, 2.05) is 12.1 Å². The van der Waals surface area contributed by atoms with Crippen molar-refractivity contribution in [3.05, 3.63) is 29.8 Å². The highest BCUT2D eigenvalue weighted by Crippen LogP contribution is 2.12. The van der Waals surface area contributed by atoms with E-state index in [0.29, 0.717) is 0 Å². The van der Waals surface area contributed by atoms with Crippen molar-refractivity contribution in [2.75, 3.05) is 20.2 Å². The second kappa shape index (κ2) is 9.85. The molecule has 0 aliphatic carbocycles. The topological polar surface area (TPSA) is 21.3 Å². The molecule has 1 rings (SSSR count). The third-order valence-electron chi connectivity index (χ3n) is 3.73. The molecule has 0 spiro atoms. The number of hydrogen-bond acceptors (Lipinski definition) is 2. The Hall–Kier alpha value is -1.02. The van der Waals surface area contributed by atoms with E-state index >= 15 is 0 Å². The van der Waals surface area contributed by atoms with Crippen LogP contribution in [0.25, 0.3) is 0 Å². The first-order chi connectivity index (χ1) is 9.30. The van der Waals surface area contributed by atoms with E-state index in [9.17, 15) is 0 Å². The Bertz CT molecular complexity index is 321. The predicted molar refractivity (Wildman–Crippen MR) is 82.9 cm³/mol. The van der Waals surface area contributed by atoms with E-state index in [2.05, 4.69) is 31.3 Å². The maximum Gasteiger partial charge on any atom is 0.118 e. The van der Waals surface area contributed by atoms with E-state index in [4.69, 9.17) is 4.74 Å². The molecule has 2 nitrogen and oxygen atoms in total. The summed E-state index contributed by atoms with van der Waals surface area (Å²) >= 11 is 0. The molecule has 19 heavy (non-hydrogen) atoms. The van der Waals surface area contributed by atoms with Crippen LogP contribution in [0.5, 0.6) is 5.75 Å². The first-order valence-electron chi connectivity index (χ1n) is 7.63. The Kier molecular flexibility index (Phi) is 8.31. The van der Waals surface area contributed by atoms with E-state index in [0.717, 1.165) is 31.2 Å². The first-order valence-corrected chi connectivity index (χ1v) is 7.63. The summed E-state index contributed by atoms with van der Waals surface area (Å²) < 4.78 is 5.16. The standard InChI is InChI=1S/C17H29NO/c1-4-6-7-15(5-2)14-18-13-12-16-8-10-17(19-3)11-9-16/h8-11,15,18H,4-7,12-14H2,1-3H3. The number of unbranched alkanes of at least 4 members (excludes halogenated alkanes) is 1. The molecule has 0 saturated heterocycles. The molecule has 1 N–H and O–H groups in total. The highest BCUT2D eigenvalue weighted by Gasteiger charge is 2.04. The van der Waals surface area contributed by atoms with Crippen molar-refractivity contribution in [2.24, 2.45) is 5.92 Å². The van der Waals surface area contributed by atoms with Crippen LogP contribution in [0, 0.1) is 5.92 Å². The summed E-state index contributed by atoms with van der Waals surface area (Å²) in [6, 6.07) is 8.36. The summed E-state index contributed by atoms with van der Waals surface area (Å²) in [5, 5.41) is 3.59. The van der Waals surface area contributed by atoms with Gasteiger partial charge in [-0.05, 0) is 49.5 Å². The molecule has 1 unspecified atom stereocenters. The molecular formula is C17H29NO. The summed E-state index contributed by atoms with van der Waals surface area (Å²) in [5.74, 6) is 1.78. The van der Waals surface area contributed by atoms with Gasteiger partial charge in [-0.1, -0.05) is 45.2 Å². The molecule has 1 aromatic carbocycles. The lowest BCUT2D eigenvalue weighted by Gasteiger charge is -2.15. The van der Waals surface area contributed by atoms with Gasteiger partial charge in [0, 0.05) is 0 Å². The van der Waals surface area contributed by atoms with Crippen LogP contribution in [0.1, 0.15) is 45.1 Å². The van der Waals surface area contributed by atoms with Crippen molar-refractivity contribution in [2.45, 2.75) is 46.0 Å². The summed E-state index contributed by atoms with van der Waals surface area (Å²) in [6.07, 6.45) is 6.41. The van der Waals surface area contributed by atoms with Gasteiger partial charge >= 0.3 is 0 Å². The van der Waals surface area contributed by atoms with Gasteiger partial charge in [0.1, 0.15) is 5.75 Å². The lowest BCUT2D eigenvalue weighted by atomic mass is 9.99. The second-order valence-corrected chi connectivity index (χ2v) is 5.22. The minimum absolute atomic E-state index is 0.843. The van der Waals surface area contributed by atoms with Gasteiger partial charge in [-0.3, -0.25) is 0 Å². The van der Waals surface area contributed by atoms with Gasteiger partial charge in [0.2, 0.25) is 0 Å². The van der Waals surface area contributed by atoms with Crippen molar-refractivity contribution in [1.82, 2.24) is 5.32 Å². The van der Waals surface area contributed by atoms with Crippen LogP contribution >= 0.6 is 0 Å². The minimum Gasteiger partial charge on any atom is -0.497 e. The van der Waals surface area contributed by atoms with Gasteiger partial charge in [0.15, 0.2) is 0 Å². The van der Waals surface area contributed by atoms with Crippen LogP contribution in [0.15, 0.2) is 24.3 Å². The zero-order valence-corrected chi connectivity index (χ0v) is 12.7. The zero-order valence-electron chi connectivity index (χ0n) is 12.7. The molecule has 0 fully saturated rings. The second-order valence-electron chi connectivity index (χ2n) is 5.22. The van der Waals surface area contributed by atoms with Crippen LogP contribution in [0.2, 0.25) is 0 Å². The van der Waals surface area contributed by atoms with Crippen molar-refractivity contribution >= 4 is 0 Å². The van der Waals surface area contributed by atoms with Crippen LogP contribution in [-0.4, -0.2) is 20.2 Å². The largest absolute Gasteiger partial charge is 0.497 e. The van der Waals surface area contributed by atoms with Crippen LogP contribution < -0.4 is 10.1 Å². The molecule has 0 heterocycles. The van der Waals surface area contributed by atoms with Gasteiger partial charge in [-0.25, -0.2) is 0 Å². The molecule has 2 heteroatoms. The molecule has 0 radical (unpaired) electrons. The lowest BCUT2D eigenvalue weighted by Crippen LogP contribution is -2.24. The summed E-state index contributed by atoms with van der Waals surface area (Å²) in [5.41, 5.74) is 1.37. The summed E-state index contributed by atoms with van der Waals surface area (Å²) in [7, 11) is 1.71. The van der Waals surface area contributed by atoms with Gasteiger partial charge < -0.3 is 10.1 Å². The number of hydrogen-bond donors (Lipinski definition) is 1. The van der Waals surface area contributed by atoms with E-state index in [1.54, 1.807) is 7.11 Å². The Balaban J connectivity index is 2.18. The van der Waals surface area contributed by atoms with E-state index < -0.39 is 0 Å². The molecule has 108 valence electrons. The maximum absolute atomic E-state index is 5.16. The quantitative estimate of drug-likeness (QED) is 0.643. The van der Waals surface area contributed by atoms with Crippen molar-refractivity contribution in [1.29, 1.82) is 0 Å². The van der Waals surface area contributed by atoms with E-state index in [-0.39, 0.29) is 0 Å². The Labute approximate surface area is 118 Å². The van der Waals surface area contributed by atoms with Crippen molar-refractivity contribution in [3.63, 3.8) is 0 Å². The highest BCUT2D eigenvalue weighted by molar-refractivity contribution is 5.27. The van der Waals surface area contributed by atoms with Gasteiger partial charge in [0.25, 0.3) is 0 Å². The third-order valence-corrected chi connectivity index (χ3v) is 3.73. The average Bonchev–Trinajstić information content (AvgIpc) is 2.47. The van der Waals surface area contributed by atoms with Crippen LogP contribution in [0.3, 0.4) is 0 Å². The number of methoxy groups -OCH3 is 1. The van der Waals surface area contributed by atoms with E-state index in [1.165, 1.54) is 31.2 Å². The van der Waals surface area contributed by atoms with Crippen LogP contribution in [-0.2, 0) is 6.42 Å². The third kappa shape index (κ3) is 6.63. The Morgan fingerprint density at radius 1 is 1.16 bits per heavy atom. The fraction of sp³-hybridized carbons (Fsp3) is 0.647. The Morgan fingerprint density at radius 2 is 1.89 bits per heavy atom. The Morgan fingerprint density at radius 3 is 2.47 bits per heavy atom. The van der Waals surface area contributed by atoms with Crippen molar-refractivity contribution < 1.29 is 4.74 Å². The maximum atomic E-state index is 5.16. The molecule has 0 aromatic heterocycles. The molecule has 0 aliphatic heterocycles. The fourth-order valence-electron chi connectivity index (χ4n) is 2.27. The molecule has 0 bridgehead atoms. The molecule has 0 saturated carbocycles. The molecule has 0 amide bonds. The predicted octanol–water partition coefficient (Wildman–Crippen LogP) is 4.04. The number of ether oxygens (including phenoxy) is 1. The summed E-state index contributed by atoms with van der Waals surface area (Å²) in [6.45, 7) is 6.79. The first kappa shape index (κ1) is 16.0. The monoisotopic (exact) mass is 263 g/mol. The van der Waals surface area contributed by atoms with Gasteiger partial charge in [-0.2, -0.15) is 0 Å². The highest BCUT2D eigenvalue weighted by atomic mass is 16.5. The number of nitrogens with one attached hydrogen (secondary N) is 1. The zero-order chi connectivity index (χ0) is 13.9. The molecular weight excluding hydrogens is 234 g/mol.